The fourth-order valence-electron chi connectivity index (χ4n) is 10.9. The van der Waals surface area contributed by atoms with Gasteiger partial charge in [0.1, 0.15) is 12.1 Å². The number of nitrogens with zero attached hydrogens (tertiary/aromatic N) is 4. The van der Waals surface area contributed by atoms with Crippen LogP contribution in [0.2, 0.25) is 0 Å². The number of carbonyl (C=O) groups excluding carboxylic acids is 5. The Balaban J connectivity index is 0.000000435. The van der Waals surface area contributed by atoms with Gasteiger partial charge in [-0.1, -0.05) is 25.3 Å². The van der Waals surface area contributed by atoms with Gasteiger partial charge in [-0.15, -0.1) is 0 Å². The first-order valence-electron chi connectivity index (χ1n) is 27.3. The van der Waals surface area contributed by atoms with Gasteiger partial charge in [-0.2, -0.15) is 0 Å². The lowest BCUT2D eigenvalue weighted by atomic mass is 9.79. The maximum atomic E-state index is 14.4. The molecule has 2 aromatic rings. The summed E-state index contributed by atoms with van der Waals surface area (Å²) in [5.41, 5.74) is 1.10. The largest absolute Gasteiger partial charge is 0.395 e. The second-order valence-corrected chi connectivity index (χ2v) is 20.4. The monoisotopic (exact) mass is 1060 g/mol. The molecule has 3 aliphatic carbocycles. The number of alkyl halides is 2. The first kappa shape index (κ1) is 62.9. The average Bonchev–Trinajstić information content (AvgIpc) is 4.01. The predicted molar refractivity (Wildman–Crippen MR) is 279 cm³/mol. The van der Waals surface area contributed by atoms with E-state index in [2.05, 4.69) is 31.2 Å². The molecular weight excluding hydrogens is 974 g/mol. The topological polar surface area (TPSA) is 214 Å². The number of likely N-dealkylation sites (N-methyl/N-ethyl adjacent to an activating group) is 1. The lowest BCUT2D eigenvalue weighted by molar-refractivity contribution is -0.143. The van der Waals surface area contributed by atoms with Crippen LogP contribution in [0, 0.1) is 23.1 Å². The van der Waals surface area contributed by atoms with E-state index in [1.165, 1.54) is 31.5 Å². The van der Waals surface area contributed by atoms with E-state index in [-0.39, 0.29) is 72.1 Å². The number of likely N-dealkylation sites (tertiary alicyclic amines) is 1. The van der Waals surface area contributed by atoms with Crippen molar-refractivity contribution in [2.24, 2.45) is 17.3 Å². The van der Waals surface area contributed by atoms with Crippen LogP contribution in [0.5, 0.6) is 0 Å². The number of carbonyl (C=O) groups is 5. The smallest absolute Gasteiger partial charge is 0.229 e. The van der Waals surface area contributed by atoms with Crippen LogP contribution in [0.4, 0.5) is 13.2 Å². The van der Waals surface area contributed by atoms with Crippen molar-refractivity contribution in [3.8, 4) is 0 Å². The molecule has 5 unspecified atom stereocenters. The van der Waals surface area contributed by atoms with Crippen molar-refractivity contribution >= 4 is 29.9 Å². The predicted octanol–water partition coefficient (Wildman–Crippen LogP) is 5.56. The number of amides is 4. The summed E-state index contributed by atoms with van der Waals surface area (Å²) in [5.74, 6) is -0.125. The van der Waals surface area contributed by atoms with E-state index >= 15 is 0 Å². The Morgan fingerprint density at radius 1 is 0.987 bits per heavy atom. The third kappa shape index (κ3) is 22.5. The van der Waals surface area contributed by atoms with Crippen LogP contribution in [0.3, 0.4) is 0 Å². The standard InChI is InChI=1S/C40H62FN5O6.C6H9NO2.C5H5N.C3H9NO.CH2F2/c1-50-36-27-51-22-16-35(36)44-32-14-18-40(24-32,39(49)46-20-15-34-29(26-46)23-30(41)25-43-34)17-6-19-42-38(48)28-10-12-31(13-11-28)45-37(47)9-5-21-52-33-7-3-2-4-8-33;1-7-3-5(4-8)2-6(7)9;1-2-4-6-5-3-1;1-4-2-3-5;2-1-3/h23,25,28,31-33,35-36,44H,2-22,24,26-27H2,1H3,(H,42,48)(H,45,47);4-5H,2-3H2,1H3;1-5H;4-5H,2-3H2,1H3;1H2. The Bertz CT molecular complexity index is 1920. The highest BCUT2D eigenvalue weighted by Crippen LogP contribution is 2.45. The quantitative estimate of drug-likeness (QED) is 0.0915. The highest BCUT2D eigenvalue weighted by Gasteiger charge is 2.48. The number of halogens is 3. The zero-order chi connectivity index (χ0) is 54.3. The Morgan fingerprint density at radius 2 is 1.73 bits per heavy atom. The molecule has 3 saturated carbocycles. The Morgan fingerprint density at radius 3 is 2.33 bits per heavy atom. The molecule has 5 atom stereocenters. The van der Waals surface area contributed by atoms with Crippen LogP contribution < -0.4 is 21.3 Å². The molecule has 2 saturated heterocycles. The van der Waals surface area contributed by atoms with Crippen molar-refractivity contribution in [3.63, 3.8) is 0 Å². The third-order valence-corrected chi connectivity index (χ3v) is 15.0. The van der Waals surface area contributed by atoms with Crippen LogP contribution in [0.1, 0.15) is 127 Å². The van der Waals surface area contributed by atoms with Crippen LogP contribution in [0.15, 0.2) is 42.9 Å². The zero-order valence-corrected chi connectivity index (χ0v) is 44.8. The summed E-state index contributed by atoms with van der Waals surface area (Å²) in [7, 11) is 5.24. The fourth-order valence-corrected chi connectivity index (χ4v) is 10.9. The number of hydrogen-bond acceptors (Lipinski definition) is 13. The lowest BCUT2D eigenvalue weighted by Gasteiger charge is -2.38. The van der Waals surface area contributed by atoms with Crippen LogP contribution in [-0.4, -0.2) is 166 Å². The first-order chi connectivity index (χ1) is 36.4. The number of nitrogens with one attached hydrogen (secondary N) is 4. The molecule has 20 heteroatoms. The van der Waals surface area contributed by atoms with Gasteiger partial charge < -0.3 is 55.2 Å². The minimum Gasteiger partial charge on any atom is -0.395 e. The summed E-state index contributed by atoms with van der Waals surface area (Å²) in [6, 6.07) is 7.71. The minimum atomic E-state index is -1.75. The number of aromatic nitrogens is 2. The summed E-state index contributed by atoms with van der Waals surface area (Å²) in [6.45, 7) is 3.15. The van der Waals surface area contributed by atoms with E-state index in [4.69, 9.17) is 19.3 Å². The second kappa shape index (κ2) is 35.7. The Hall–Kier alpha value is -4.60. The molecule has 2 aromatic heterocycles. The molecule has 3 aliphatic heterocycles. The van der Waals surface area contributed by atoms with Crippen LogP contribution >= 0.6 is 0 Å². The zero-order valence-electron chi connectivity index (χ0n) is 44.8. The van der Waals surface area contributed by atoms with Crippen molar-refractivity contribution in [1.29, 1.82) is 0 Å². The van der Waals surface area contributed by atoms with E-state index in [1.54, 1.807) is 38.5 Å². The maximum Gasteiger partial charge on any atom is 0.229 e. The van der Waals surface area contributed by atoms with E-state index in [9.17, 15) is 37.1 Å². The molecule has 6 aliphatic rings. The molecule has 0 radical (unpaired) electrons. The molecule has 0 spiro atoms. The number of aliphatic hydroxyl groups excluding tert-OH is 1. The summed E-state index contributed by atoms with van der Waals surface area (Å²) in [4.78, 5) is 72.5. The Kier molecular flexibility index (Phi) is 29.9. The normalized spacial score (nSPS) is 25.3. The number of aliphatic hydroxyl groups is 1. The SMILES string of the molecule is CN1CC(C=O)CC1=O.CNCCO.COC1COCCC1NC1CCC(CCCNC(=O)C2CCC(NC(=O)CCCOC3CCCCC3)CC2)(C(=O)N2CCc3ncc(F)cc3C2)C1.FCF.c1ccncc1. The highest BCUT2D eigenvalue weighted by atomic mass is 19.3. The summed E-state index contributed by atoms with van der Waals surface area (Å²) >= 11 is 0. The molecule has 0 aromatic carbocycles. The summed E-state index contributed by atoms with van der Waals surface area (Å²) in [6.07, 6.45) is 22.1. The minimum absolute atomic E-state index is 0.0159. The van der Waals surface area contributed by atoms with Crippen LogP contribution in [-0.2, 0) is 51.1 Å². The van der Waals surface area contributed by atoms with E-state index < -0.39 is 12.3 Å². The van der Waals surface area contributed by atoms with Gasteiger partial charge in [0.15, 0.2) is 0 Å². The van der Waals surface area contributed by atoms with Gasteiger partial charge in [0.05, 0.1) is 37.0 Å². The number of ether oxygens (including phenoxy) is 3. The van der Waals surface area contributed by atoms with E-state index in [0.29, 0.717) is 90.8 Å². The average molecular weight is 1060 g/mol. The van der Waals surface area contributed by atoms with Gasteiger partial charge >= 0.3 is 0 Å². The first-order valence-corrected chi connectivity index (χ1v) is 27.3. The molecular formula is C55H87F3N8O9. The summed E-state index contributed by atoms with van der Waals surface area (Å²) < 4.78 is 50.6. The number of pyridine rings is 2. The molecule has 4 amide bonds. The maximum absolute atomic E-state index is 14.4. The number of hydrogen-bond donors (Lipinski definition) is 5. The molecule has 17 nitrogen and oxygen atoms in total. The number of rotatable bonds is 18. The molecule has 0 bridgehead atoms. The van der Waals surface area contributed by atoms with Crippen molar-refractivity contribution < 1.29 is 56.5 Å². The molecule has 8 rings (SSSR count). The van der Waals surface area contributed by atoms with E-state index in [1.807, 2.05) is 23.1 Å². The van der Waals surface area contributed by atoms with Gasteiger partial charge in [-0.3, -0.25) is 29.1 Å². The van der Waals surface area contributed by atoms with Crippen molar-refractivity contribution in [3.05, 3.63) is 59.9 Å². The van der Waals surface area contributed by atoms with Gasteiger partial charge in [0, 0.05) is 127 Å². The van der Waals surface area contributed by atoms with Crippen molar-refractivity contribution in [2.45, 2.75) is 159 Å². The molecule has 5 fully saturated rings. The molecule has 5 N–H and O–H groups in total. The summed E-state index contributed by atoms with van der Waals surface area (Å²) in [5, 5.41) is 20.9. The van der Waals surface area contributed by atoms with E-state index in [0.717, 1.165) is 88.2 Å². The van der Waals surface area contributed by atoms with Gasteiger partial charge in [-0.05, 0) is 114 Å². The molecule has 422 valence electrons. The van der Waals surface area contributed by atoms with Gasteiger partial charge in [0.25, 0.3) is 0 Å². The van der Waals surface area contributed by atoms with Gasteiger partial charge in [0.2, 0.25) is 30.6 Å². The van der Waals surface area contributed by atoms with Crippen molar-refractivity contribution in [1.82, 2.24) is 41.0 Å². The highest BCUT2D eigenvalue weighted by molar-refractivity contribution is 5.84. The lowest BCUT2D eigenvalue weighted by Crippen LogP contribution is -2.51. The Labute approximate surface area is 442 Å². The second-order valence-electron chi connectivity index (χ2n) is 20.4. The van der Waals surface area contributed by atoms with Crippen molar-refractivity contribution in [2.75, 3.05) is 80.7 Å². The fraction of sp³-hybridized carbons (Fsp3) is 0.727. The molecule has 5 heterocycles. The number of aldehydes is 1. The molecule has 75 heavy (non-hydrogen) atoms. The van der Waals surface area contributed by atoms with Gasteiger partial charge in [-0.25, -0.2) is 13.2 Å². The number of fused-ring (bicyclic) bond motifs is 1. The third-order valence-electron chi connectivity index (χ3n) is 15.0. The van der Waals surface area contributed by atoms with Crippen LogP contribution in [0.25, 0.3) is 0 Å². The number of methoxy groups -OCH3 is 1.